The van der Waals surface area contributed by atoms with Crippen molar-refractivity contribution in [2.75, 3.05) is 6.54 Å². The van der Waals surface area contributed by atoms with Crippen molar-refractivity contribution in [2.45, 2.75) is 10.1 Å². The number of hydrogen-bond donors (Lipinski definition) is 1. The Morgan fingerprint density at radius 2 is 1.74 bits per heavy atom. The summed E-state index contributed by atoms with van der Waals surface area (Å²) in [4.78, 5) is 0.981. The molecule has 0 amide bonds. The van der Waals surface area contributed by atoms with Gasteiger partial charge in [0.05, 0.1) is 10.0 Å². The lowest BCUT2D eigenvalue weighted by molar-refractivity contribution is 0.627. The average molecular weight is 316 g/mol. The predicted molar refractivity (Wildman–Crippen MR) is 80.5 cm³/mol. The smallest absolute Gasteiger partial charge is 0.123 e. The third-order valence-electron chi connectivity index (χ3n) is 2.63. The van der Waals surface area contributed by atoms with Crippen LogP contribution in [0.5, 0.6) is 0 Å². The summed E-state index contributed by atoms with van der Waals surface area (Å²) in [6.45, 7) is 0.455. The van der Waals surface area contributed by atoms with Crippen molar-refractivity contribution in [2.24, 2.45) is 5.73 Å². The highest BCUT2D eigenvalue weighted by Gasteiger charge is 2.12. The number of rotatable bonds is 4. The van der Waals surface area contributed by atoms with E-state index in [0.717, 1.165) is 10.5 Å². The molecule has 5 heteroatoms. The number of benzene rings is 2. The minimum absolute atomic E-state index is 0.0536. The molecule has 0 saturated carbocycles. The van der Waals surface area contributed by atoms with E-state index in [2.05, 4.69) is 0 Å². The standard InChI is InChI=1S/C14H12Cl2FNS/c15-12-6-5-11(7-13(12)16)19-14(8-18)9-1-3-10(17)4-2-9/h1-7,14H,8,18H2. The van der Waals surface area contributed by atoms with Gasteiger partial charge in [-0.05, 0) is 35.9 Å². The number of halogens is 3. The lowest BCUT2D eigenvalue weighted by Gasteiger charge is -2.15. The second-order valence-corrected chi connectivity index (χ2v) is 6.06. The van der Waals surface area contributed by atoms with Gasteiger partial charge in [-0.3, -0.25) is 0 Å². The van der Waals surface area contributed by atoms with Crippen LogP contribution in [0.4, 0.5) is 4.39 Å². The quantitative estimate of drug-likeness (QED) is 0.810. The molecule has 0 aromatic heterocycles. The second-order valence-electron chi connectivity index (χ2n) is 3.97. The van der Waals surface area contributed by atoms with E-state index in [1.165, 1.54) is 12.1 Å². The molecular formula is C14H12Cl2FNS. The lowest BCUT2D eigenvalue weighted by Crippen LogP contribution is -2.09. The van der Waals surface area contributed by atoms with E-state index in [1.54, 1.807) is 36.0 Å². The Balaban J connectivity index is 2.18. The van der Waals surface area contributed by atoms with Crippen LogP contribution >= 0.6 is 35.0 Å². The molecule has 19 heavy (non-hydrogen) atoms. The molecule has 0 bridgehead atoms. The average Bonchev–Trinajstić information content (AvgIpc) is 2.41. The highest BCUT2D eigenvalue weighted by Crippen LogP contribution is 2.37. The maximum Gasteiger partial charge on any atom is 0.123 e. The van der Waals surface area contributed by atoms with Gasteiger partial charge in [0.1, 0.15) is 5.82 Å². The third kappa shape index (κ3) is 3.86. The van der Waals surface area contributed by atoms with Crippen molar-refractivity contribution in [3.63, 3.8) is 0 Å². The SMILES string of the molecule is NCC(Sc1ccc(Cl)c(Cl)c1)c1ccc(F)cc1. The molecule has 0 aliphatic carbocycles. The highest BCUT2D eigenvalue weighted by atomic mass is 35.5. The van der Waals surface area contributed by atoms with Crippen molar-refractivity contribution in [3.8, 4) is 0 Å². The molecule has 1 nitrogen and oxygen atoms in total. The fourth-order valence-corrected chi connectivity index (χ4v) is 3.06. The highest BCUT2D eigenvalue weighted by molar-refractivity contribution is 7.99. The van der Waals surface area contributed by atoms with Crippen LogP contribution in [-0.4, -0.2) is 6.54 Å². The van der Waals surface area contributed by atoms with E-state index < -0.39 is 0 Å². The molecule has 2 aromatic rings. The first-order valence-electron chi connectivity index (χ1n) is 5.67. The Morgan fingerprint density at radius 3 is 2.32 bits per heavy atom. The van der Waals surface area contributed by atoms with Crippen molar-refractivity contribution in [1.29, 1.82) is 0 Å². The summed E-state index contributed by atoms with van der Waals surface area (Å²) >= 11 is 13.4. The maximum atomic E-state index is 12.9. The van der Waals surface area contributed by atoms with Crippen molar-refractivity contribution >= 4 is 35.0 Å². The molecule has 0 radical (unpaired) electrons. The van der Waals surface area contributed by atoms with Crippen LogP contribution in [-0.2, 0) is 0 Å². The van der Waals surface area contributed by atoms with Gasteiger partial charge in [-0.25, -0.2) is 4.39 Å². The van der Waals surface area contributed by atoms with Crippen LogP contribution in [0.2, 0.25) is 10.0 Å². The Labute approximate surface area is 125 Å². The first-order chi connectivity index (χ1) is 9.10. The molecule has 1 unspecified atom stereocenters. The first kappa shape index (κ1) is 14.7. The van der Waals surface area contributed by atoms with Gasteiger partial charge in [-0.2, -0.15) is 0 Å². The van der Waals surface area contributed by atoms with Gasteiger partial charge in [-0.1, -0.05) is 35.3 Å². The molecule has 2 aromatic carbocycles. The van der Waals surface area contributed by atoms with E-state index in [9.17, 15) is 4.39 Å². The fourth-order valence-electron chi connectivity index (χ4n) is 1.64. The number of nitrogens with two attached hydrogens (primary N) is 1. The predicted octanol–water partition coefficient (Wildman–Crippen LogP) is 4.92. The zero-order chi connectivity index (χ0) is 13.8. The van der Waals surface area contributed by atoms with Crippen LogP contribution in [0.3, 0.4) is 0 Å². The van der Waals surface area contributed by atoms with Crippen LogP contribution in [0.1, 0.15) is 10.8 Å². The Morgan fingerprint density at radius 1 is 1.05 bits per heavy atom. The number of hydrogen-bond acceptors (Lipinski definition) is 2. The third-order valence-corrected chi connectivity index (χ3v) is 4.64. The van der Waals surface area contributed by atoms with Crippen LogP contribution < -0.4 is 5.73 Å². The van der Waals surface area contributed by atoms with Crippen LogP contribution in [0.25, 0.3) is 0 Å². The summed E-state index contributed by atoms with van der Waals surface area (Å²) in [6.07, 6.45) is 0. The molecule has 0 aliphatic rings. The monoisotopic (exact) mass is 315 g/mol. The fraction of sp³-hybridized carbons (Fsp3) is 0.143. The topological polar surface area (TPSA) is 26.0 Å². The van der Waals surface area contributed by atoms with Crippen LogP contribution in [0, 0.1) is 5.82 Å². The van der Waals surface area contributed by atoms with Gasteiger partial charge in [0.25, 0.3) is 0 Å². The Hall–Kier alpha value is -0.740. The van der Waals surface area contributed by atoms with Crippen molar-refractivity contribution < 1.29 is 4.39 Å². The molecule has 0 saturated heterocycles. The molecule has 1 atom stereocenters. The van der Waals surface area contributed by atoms with E-state index in [-0.39, 0.29) is 11.1 Å². The normalized spacial score (nSPS) is 12.4. The van der Waals surface area contributed by atoms with E-state index >= 15 is 0 Å². The summed E-state index contributed by atoms with van der Waals surface area (Å²) < 4.78 is 12.9. The van der Waals surface area contributed by atoms with Gasteiger partial charge >= 0.3 is 0 Å². The van der Waals surface area contributed by atoms with Crippen molar-refractivity contribution in [1.82, 2.24) is 0 Å². The summed E-state index contributed by atoms with van der Waals surface area (Å²) in [5, 5.41) is 1.09. The molecule has 2 N–H and O–H groups in total. The zero-order valence-electron chi connectivity index (χ0n) is 9.95. The summed E-state index contributed by atoms with van der Waals surface area (Å²) in [5.74, 6) is -0.251. The Bertz CT molecular complexity index is 560. The van der Waals surface area contributed by atoms with Gasteiger partial charge in [-0.15, -0.1) is 11.8 Å². The molecule has 0 fully saturated rings. The second kappa shape index (κ2) is 6.62. The van der Waals surface area contributed by atoms with E-state index in [4.69, 9.17) is 28.9 Å². The van der Waals surface area contributed by atoms with Gasteiger partial charge < -0.3 is 5.73 Å². The van der Waals surface area contributed by atoms with E-state index in [0.29, 0.717) is 16.6 Å². The first-order valence-corrected chi connectivity index (χ1v) is 7.31. The van der Waals surface area contributed by atoms with Gasteiger partial charge in [0.2, 0.25) is 0 Å². The minimum atomic E-state index is -0.251. The molecule has 0 aliphatic heterocycles. The minimum Gasteiger partial charge on any atom is -0.329 e. The maximum absolute atomic E-state index is 12.9. The molecule has 0 spiro atoms. The van der Waals surface area contributed by atoms with Gasteiger partial charge in [0, 0.05) is 16.7 Å². The summed E-state index contributed by atoms with van der Waals surface area (Å²) in [6, 6.07) is 11.8. The molecule has 100 valence electrons. The van der Waals surface area contributed by atoms with Crippen molar-refractivity contribution in [3.05, 3.63) is 63.9 Å². The zero-order valence-corrected chi connectivity index (χ0v) is 12.3. The van der Waals surface area contributed by atoms with Gasteiger partial charge in [0.15, 0.2) is 0 Å². The summed E-state index contributed by atoms with van der Waals surface area (Å²) in [5.41, 5.74) is 6.77. The molecule has 0 heterocycles. The number of thioether (sulfide) groups is 1. The molecule has 2 rings (SSSR count). The summed E-state index contributed by atoms with van der Waals surface area (Å²) in [7, 11) is 0. The molecular weight excluding hydrogens is 304 g/mol. The largest absolute Gasteiger partial charge is 0.329 e. The Kier molecular flexibility index (Phi) is 5.11. The van der Waals surface area contributed by atoms with Crippen LogP contribution in [0.15, 0.2) is 47.4 Å². The van der Waals surface area contributed by atoms with E-state index in [1.807, 2.05) is 6.07 Å². The lowest BCUT2D eigenvalue weighted by atomic mass is 10.1.